The van der Waals surface area contributed by atoms with Crippen LogP contribution in [0, 0.1) is 6.92 Å². The number of benzene rings is 1. The van der Waals surface area contributed by atoms with Crippen LogP contribution in [0.1, 0.15) is 12.6 Å². The van der Waals surface area contributed by atoms with E-state index in [4.69, 9.17) is 4.74 Å². The number of fused-ring (bicyclic) bond motifs is 2. The molecule has 0 fully saturated rings. The molecule has 0 bridgehead atoms. The minimum atomic E-state index is -0.164. The first-order valence-electron chi connectivity index (χ1n) is 10.1. The molecule has 0 N–H and O–H groups in total. The van der Waals surface area contributed by atoms with Gasteiger partial charge in [0.1, 0.15) is 0 Å². The molecule has 7 nitrogen and oxygen atoms in total. The van der Waals surface area contributed by atoms with Crippen molar-refractivity contribution in [1.29, 1.82) is 0 Å². The van der Waals surface area contributed by atoms with Crippen LogP contribution in [-0.4, -0.2) is 30.9 Å². The van der Waals surface area contributed by atoms with E-state index in [0.717, 1.165) is 33.2 Å². The topological polar surface area (TPSA) is 74.8 Å². The molecule has 0 saturated heterocycles. The summed E-state index contributed by atoms with van der Waals surface area (Å²) in [5, 5.41) is 6.22. The van der Waals surface area contributed by atoms with E-state index < -0.39 is 0 Å². The first kappa shape index (κ1) is 19.0. The third-order valence-electron chi connectivity index (χ3n) is 5.21. The quantitative estimate of drug-likeness (QED) is 0.446. The average molecular weight is 411 g/mol. The lowest BCUT2D eigenvalue weighted by molar-refractivity contribution is 0.328. The molecular formula is C24H21N5O2. The summed E-state index contributed by atoms with van der Waals surface area (Å²) in [6.45, 7) is 4.32. The van der Waals surface area contributed by atoms with Gasteiger partial charge in [0.2, 0.25) is 5.88 Å². The van der Waals surface area contributed by atoms with Crippen molar-refractivity contribution in [2.45, 2.75) is 13.8 Å². The summed E-state index contributed by atoms with van der Waals surface area (Å²) in [5.74, 6) is 0.491. The number of nitrogens with zero attached hydrogens (tertiary/aromatic N) is 5. The van der Waals surface area contributed by atoms with Crippen LogP contribution >= 0.6 is 0 Å². The van der Waals surface area contributed by atoms with Gasteiger partial charge < -0.3 is 4.74 Å². The summed E-state index contributed by atoms with van der Waals surface area (Å²) in [4.78, 5) is 22.7. The molecular weight excluding hydrogens is 390 g/mol. The van der Waals surface area contributed by atoms with Crippen LogP contribution in [-0.2, 0) is 7.05 Å². The highest BCUT2D eigenvalue weighted by Crippen LogP contribution is 2.27. The lowest BCUT2D eigenvalue weighted by atomic mass is 10.1. The summed E-state index contributed by atoms with van der Waals surface area (Å²) in [6, 6.07) is 13.3. The zero-order chi connectivity index (χ0) is 21.5. The van der Waals surface area contributed by atoms with Gasteiger partial charge >= 0.3 is 0 Å². The van der Waals surface area contributed by atoms with E-state index >= 15 is 0 Å². The van der Waals surface area contributed by atoms with Gasteiger partial charge in [-0.3, -0.25) is 19.0 Å². The largest absolute Gasteiger partial charge is 0.478 e. The number of aromatic nitrogens is 5. The standard InChI is InChI=1S/C24H21N5O2/c1-4-31-21-10-7-17-14-29(19-8-9-20-18(11-19)13-28(3)27-20)24(30)22(23(17)26-21)16-6-5-15(2)25-12-16/h5-14H,4H2,1-3H3. The molecule has 0 spiro atoms. The Hall–Kier alpha value is -4.00. The van der Waals surface area contributed by atoms with Gasteiger partial charge in [-0.15, -0.1) is 0 Å². The van der Waals surface area contributed by atoms with Crippen LogP contribution in [0.3, 0.4) is 0 Å². The maximum absolute atomic E-state index is 13.7. The summed E-state index contributed by atoms with van der Waals surface area (Å²) in [5.41, 5.74) is 4.18. The van der Waals surface area contributed by atoms with E-state index in [0.29, 0.717) is 23.6 Å². The van der Waals surface area contributed by atoms with Gasteiger partial charge in [-0.25, -0.2) is 4.98 Å². The van der Waals surface area contributed by atoms with Gasteiger partial charge in [-0.05, 0) is 44.2 Å². The Morgan fingerprint density at radius 3 is 2.68 bits per heavy atom. The fourth-order valence-electron chi connectivity index (χ4n) is 3.76. The number of pyridine rings is 3. The maximum atomic E-state index is 13.7. The SMILES string of the molecule is CCOc1ccc2cn(-c3ccc4nn(C)cc4c3)c(=O)c(-c3ccc(C)nc3)c2n1. The number of aryl methyl sites for hydroxylation is 2. The van der Waals surface area contributed by atoms with E-state index in [2.05, 4.69) is 15.1 Å². The van der Waals surface area contributed by atoms with E-state index in [-0.39, 0.29) is 5.56 Å². The van der Waals surface area contributed by atoms with E-state index in [1.54, 1.807) is 15.4 Å². The summed E-state index contributed by atoms with van der Waals surface area (Å²) < 4.78 is 9.01. The number of hydrogen-bond acceptors (Lipinski definition) is 5. The molecule has 1 aromatic carbocycles. The Bertz CT molecular complexity index is 1480. The van der Waals surface area contributed by atoms with E-state index in [1.165, 1.54) is 0 Å². The molecule has 5 rings (SSSR count). The van der Waals surface area contributed by atoms with Crippen molar-refractivity contribution in [1.82, 2.24) is 24.3 Å². The molecule has 5 aromatic rings. The number of rotatable bonds is 4. The van der Waals surface area contributed by atoms with Crippen LogP contribution in [0.2, 0.25) is 0 Å². The van der Waals surface area contributed by atoms with Gasteiger partial charge in [-0.2, -0.15) is 5.10 Å². The summed E-state index contributed by atoms with van der Waals surface area (Å²) in [7, 11) is 1.88. The fraction of sp³-hybridized carbons (Fsp3) is 0.167. The molecule has 0 unspecified atom stereocenters. The second-order valence-electron chi connectivity index (χ2n) is 7.43. The van der Waals surface area contributed by atoms with Crippen molar-refractivity contribution in [2.24, 2.45) is 7.05 Å². The predicted molar refractivity (Wildman–Crippen MR) is 121 cm³/mol. The minimum Gasteiger partial charge on any atom is -0.478 e. The van der Waals surface area contributed by atoms with Crippen molar-refractivity contribution in [3.63, 3.8) is 0 Å². The second kappa shape index (κ2) is 7.36. The zero-order valence-corrected chi connectivity index (χ0v) is 17.5. The Morgan fingerprint density at radius 1 is 1.03 bits per heavy atom. The van der Waals surface area contributed by atoms with Crippen molar-refractivity contribution in [2.75, 3.05) is 6.61 Å². The third kappa shape index (κ3) is 3.34. The first-order chi connectivity index (χ1) is 15.0. The molecule has 31 heavy (non-hydrogen) atoms. The van der Waals surface area contributed by atoms with Gasteiger partial charge in [0, 0.05) is 59.4 Å². The Balaban J connectivity index is 1.81. The molecule has 0 atom stereocenters. The molecule has 0 radical (unpaired) electrons. The number of ether oxygens (including phenoxy) is 1. The van der Waals surface area contributed by atoms with Crippen LogP contribution in [0.5, 0.6) is 5.88 Å². The highest BCUT2D eigenvalue weighted by atomic mass is 16.5. The van der Waals surface area contributed by atoms with Crippen molar-refractivity contribution in [3.8, 4) is 22.7 Å². The van der Waals surface area contributed by atoms with E-state index in [1.807, 2.05) is 75.8 Å². The summed E-state index contributed by atoms with van der Waals surface area (Å²) >= 11 is 0. The maximum Gasteiger partial charge on any atom is 0.265 e. The third-order valence-corrected chi connectivity index (χ3v) is 5.21. The fourth-order valence-corrected chi connectivity index (χ4v) is 3.76. The smallest absolute Gasteiger partial charge is 0.265 e. The number of hydrogen-bond donors (Lipinski definition) is 0. The first-order valence-corrected chi connectivity index (χ1v) is 10.1. The van der Waals surface area contributed by atoms with Crippen molar-refractivity contribution in [3.05, 3.63) is 77.1 Å². The Morgan fingerprint density at radius 2 is 1.90 bits per heavy atom. The Kier molecular flexibility index (Phi) is 4.51. The van der Waals surface area contributed by atoms with Crippen LogP contribution < -0.4 is 10.3 Å². The van der Waals surface area contributed by atoms with Gasteiger partial charge in [-0.1, -0.05) is 6.07 Å². The van der Waals surface area contributed by atoms with Gasteiger partial charge in [0.25, 0.3) is 5.56 Å². The molecule has 0 aliphatic heterocycles. The molecule has 0 amide bonds. The summed E-state index contributed by atoms with van der Waals surface area (Å²) in [6.07, 6.45) is 5.48. The molecule has 4 heterocycles. The van der Waals surface area contributed by atoms with Crippen molar-refractivity contribution >= 4 is 21.8 Å². The Labute approximate surface area is 178 Å². The molecule has 0 aliphatic rings. The molecule has 154 valence electrons. The van der Waals surface area contributed by atoms with Gasteiger partial charge in [0.05, 0.1) is 23.2 Å². The minimum absolute atomic E-state index is 0.164. The molecule has 0 saturated carbocycles. The second-order valence-corrected chi connectivity index (χ2v) is 7.43. The molecule has 4 aromatic heterocycles. The highest BCUT2D eigenvalue weighted by Gasteiger charge is 2.16. The monoisotopic (exact) mass is 411 g/mol. The van der Waals surface area contributed by atoms with Gasteiger partial charge in [0.15, 0.2) is 0 Å². The van der Waals surface area contributed by atoms with Crippen LogP contribution in [0.4, 0.5) is 0 Å². The predicted octanol–water partition coefficient (Wildman–Crippen LogP) is 4.04. The van der Waals surface area contributed by atoms with E-state index in [9.17, 15) is 4.79 Å². The van der Waals surface area contributed by atoms with Crippen LogP contribution in [0.15, 0.2) is 65.8 Å². The van der Waals surface area contributed by atoms with Crippen LogP contribution in [0.25, 0.3) is 38.6 Å². The molecule has 7 heteroatoms. The average Bonchev–Trinajstić information content (AvgIpc) is 3.14. The zero-order valence-electron chi connectivity index (χ0n) is 17.5. The normalized spacial score (nSPS) is 11.3. The lowest BCUT2D eigenvalue weighted by Gasteiger charge is -2.13. The lowest BCUT2D eigenvalue weighted by Crippen LogP contribution is -2.20. The molecule has 0 aliphatic carbocycles. The highest BCUT2D eigenvalue weighted by molar-refractivity contribution is 5.93. The van der Waals surface area contributed by atoms with Crippen molar-refractivity contribution < 1.29 is 4.74 Å².